The smallest absolute Gasteiger partial charge is 0.248 e. The van der Waals surface area contributed by atoms with Crippen LogP contribution in [0.2, 0.25) is 0 Å². The van der Waals surface area contributed by atoms with Gasteiger partial charge in [-0.2, -0.15) is 13.2 Å². The molecular formula is C11H14F3N. The minimum absolute atomic E-state index is 0.0808. The molecule has 0 bridgehead atoms. The van der Waals surface area contributed by atoms with E-state index in [1.807, 2.05) is 13.8 Å². The third kappa shape index (κ3) is 3.22. The second-order valence-electron chi connectivity index (χ2n) is 3.64. The summed E-state index contributed by atoms with van der Waals surface area (Å²) >= 11 is 0. The maximum Gasteiger partial charge on any atom is 0.433 e. The van der Waals surface area contributed by atoms with Gasteiger partial charge in [0.25, 0.3) is 0 Å². The Morgan fingerprint density at radius 3 is 2.53 bits per heavy atom. The topological polar surface area (TPSA) is 12.9 Å². The second-order valence-corrected chi connectivity index (χ2v) is 3.64. The summed E-state index contributed by atoms with van der Waals surface area (Å²) in [5.74, 6) is 0.0808. The van der Waals surface area contributed by atoms with Crippen LogP contribution >= 0.6 is 0 Å². The van der Waals surface area contributed by atoms with Crippen LogP contribution in [0.5, 0.6) is 0 Å². The number of halogens is 3. The van der Waals surface area contributed by atoms with E-state index < -0.39 is 11.9 Å². The Labute approximate surface area is 87.3 Å². The van der Waals surface area contributed by atoms with Crippen molar-refractivity contribution in [3.05, 3.63) is 29.6 Å². The van der Waals surface area contributed by atoms with Gasteiger partial charge in [-0.05, 0) is 24.5 Å². The Morgan fingerprint density at radius 1 is 1.33 bits per heavy atom. The minimum Gasteiger partial charge on any atom is -0.248 e. The van der Waals surface area contributed by atoms with Crippen LogP contribution in [-0.4, -0.2) is 4.98 Å². The molecular weight excluding hydrogens is 203 g/mol. The van der Waals surface area contributed by atoms with Gasteiger partial charge in [0.05, 0.1) is 0 Å². The van der Waals surface area contributed by atoms with E-state index in [1.165, 1.54) is 6.07 Å². The molecule has 0 spiro atoms. The first-order valence-corrected chi connectivity index (χ1v) is 4.99. The lowest BCUT2D eigenvalue weighted by molar-refractivity contribution is -0.141. The van der Waals surface area contributed by atoms with Gasteiger partial charge >= 0.3 is 6.18 Å². The zero-order valence-electron chi connectivity index (χ0n) is 8.80. The predicted molar refractivity (Wildman–Crippen MR) is 52.6 cm³/mol. The molecule has 0 aromatic carbocycles. The molecule has 1 heterocycles. The molecule has 1 aromatic heterocycles. The standard InChI is InChI=1S/C11H14F3N/c1-3-5-8(2)9-6-4-7-10(15-9)11(12,13)14/h4,6-8H,3,5H2,1-2H3. The molecule has 0 saturated heterocycles. The average molecular weight is 217 g/mol. The molecule has 1 rings (SSSR count). The van der Waals surface area contributed by atoms with Crippen molar-refractivity contribution in [3.63, 3.8) is 0 Å². The van der Waals surface area contributed by atoms with Crippen LogP contribution in [0.15, 0.2) is 18.2 Å². The van der Waals surface area contributed by atoms with Crippen molar-refractivity contribution in [2.45, 2.75) is 38.8 Å². The molecule has 0 N–H and O–H groups in total. The monoisotopic (exact) mass is 217 g/mol. The van der Waals surface area contributed by atoms with Crippen LogP contribution in [0, 0.1) is 0 Å². The number of rotatable bonds is 3. The van der Waals surface area contributed by atoms with Crippen molar-refractivity contribution < 1.29 is 13.2 Å². The molecule has 0 aliphatic heterocycles. The first-order valence-electron chi connectivity index (χ1n) is 4.99. The minimum atomic E-state index is -4.35. The largest absolute Gasteiger partial charge is 0.433 e. The Balaban J connectivity index is 2.92. The van der Waals surface area contributed by atoms with Crippen molar-refractivity contribution in [1.82, 2.24) is 4.98 Å². The van der Waals surface area contributed by atoms with Gasteiger partial charge < -0.3 is 0 Å². The quantitative estimate of drug-likeness (QED) is 0.745. The van der Waals surface area contributed by atoms with E-state index >= 15 is 0 Å². The van der Waals surface area contributed by atoms with Crippen LogP contribution in [0.1, 0.15) is 44.0 Å². The molecule has 0 aliphatic carbocycles. The zero-order valence-corrected chi connectivity index (χ0v) is 8.80. The molecule has 0 fully saturated rings. The van der Waals surface area contributed by atoms with Gasteiger partial charge in [0.2, 0.25) is 0 Å². The van der Waals surface area contributed by atoms with Crippen molar-refractivity contribution in [2.24, 2.45) is 0 Å². The molecule has 84 valence electrons. The summed E-state index contributed by atoms with van der Waals surface area (Å²) in [6.07, 6.45) is -2.55. The fourth-order valence-corrected chi connectivity index (χ4v) is 1.46. The number of alkyl halides is 3. The molecule has 1 aromatic rings. The lowest BCUT2D eigenvalue weighted by Gasteiger charge is -2.12. The van der Waals surface area contributed by atoms with Crippen molar-refractivity contribution in [2.75, 3.05) is 0 Å². The fraction of sp³-hybridized carbons (Fsp3) is 0.545. The number of hydrogen-bond acceptors (Lipinski definition) is 1. The van der Waals surface area contributed by atoms with Crippen LogP contribution in [0.3, 0.4) is 0 Å². The Kier molecular flexibility index (Phi) is 3.72. The predicted octanol–water partition coefficient (Wildman–Crippen LogP) is 4.00. The highest BCUT2D eigenvalue weighted by atomic mass is 19.4. The highest BCUT2D eigenvalue weighted by Gasteiger charge is 2.32. The van der Waals surface area contributed by atoms with Crippen LogP contribution in [0.25, 0.3) is 0 Å². The number of hydrogen-bond donors (Lipinski definition) is 0. The van der Waals surface area contributed by atoms with Crippen LogP contribution in [-0.2, 0) is 6.18 Å². The summed E-state index contributed by atoms with van der Waals surface area (Å²) in [6, 6.07) is 4.06. The summed E-state index contributed by atoms with van der Waals surface area (Å²) in [6.45, 7) is 3.90. The highest BCUT2D eigenvalue weighted by Crippen LogP contribution is 2.29. The van der Waals surface area contributed by atoms with Gasteiger partial charge in [0.1, 0.15) is 5.69 Å². The maximum atomic E-state index is 12.4. The summed E-state index contributed by atoms with van der Waals surface area (Å²) in [4.78, 5) is 3.64. The van der Waals surface area contributed by atoms with Gasteiger partial charge in [0.15, 0.2) is 0 Å². The van der Waals surface area contributed by atoms with Crippen LogP contribution < -0.4 is 0 Å². The van der Waals surface area contributed by atoms with E-state index in [1.54, 1.807) is 6.07 Å². The molecule has 1 atom stereocenters. The molecule has 1 nitrogen and oxygen atoms in total. The second kappa shape index (κ2) is 4.64. The summed E-state index contributed by atoms with van der Waals surface area (Å²) < 4.78 is 37.1. The van der Waals surface area contributed by atoms with E-state index in [2.05, 4.69) is 4.98 Å². The first kappa shape index (κ1) is 12.0. The molecule has 1 unspecified atom stereocenters. The maximum absolute atomic E-state index is 12.4. The van der Waals surface area contributed by atoms with Crippen molar-refractivity contribution in [3.8, 4) is 0 Å². The van der Waals surface area contributed by atoms with Crippen molar-refractivity contribution in [1.29, 1.82) is 0 Å². The third-order valence-electron chi connectivity index (χ3n) is 2.29. The Hall–Kier alpha value is -1.06. The van der Waals surface area contributed by atoms with Gasteiger partial charge in [-0.25, -0.2) is 4.98 Å². The Bertz CT molecular complexity index is 320. The molecule has 0 aliphatic rings. The summed E-state index contributed by atoms with van der Waals surface area (Å²) in [5.41, 5.74) is -0.283. The highest BCUT2D eigenvalue weighted by molar-refractivity contribution is 5.16. The average Bonchev–Trinajstić information content (AvgIpc) is 2.17. The first-order chi connectivity index (χ1) is 6.95. The van der Waals surface area contributed by atoms with E-state index in [0.29, 0.717) is 5.69 Å². The fourth-order valence-electron chi connectivity index (χ4n) is 1.46. The number of aromatic nitrogens is 1. The van der Waals surface area contributed by atoms with E-state index in [9.17, 15) is 13.2 Å². The van der Waals surface area contributed by atoms with E-state index in [4.69, 9.17) is 0 Å². The lowest BCUT2D eigenvalue weighted by atomic mass is 10.0. The van der Waals surface area contributed by atoms with Crippen molar-refractivity contribution >= 4 is 0 Å². The third-order valence-corrected chi connectivity index (χ3v) is 2.29. The van der Waals surface area contributed by atoms with E-state index in [0.717, 1.165) is 18.9 Å². The van der Waals surface area contributed by atoms with Gasteiger partial charge in [-0.3, -0.25) is 0 Å². The molecule has 0 amide bonds. The zero-order chi connectivity index (χ0) is 11.5. The number of pyridine rings is 1. The van der Waals surface area contributed by atoms with Gasteiger partial charge in [0, 0.05) is 5.69 Å². The molecule has 0 saturated carbocycles. The lowest BCUT2D eigenvalue weighted by Crippen LogP contribution is -2.10. The normalized spacial score (nSPS) is 13.9. The molecule has 0 radical (unpaired) electrons. The van der Waals surface area contributed by atoms with E-state index in [-0.39, 0.29) is 5.92 Å². The number of nitrogens with zero attached hydrogens (tertiary/aromatic N) is 1. The van der Waals surface area contributed by atoms with Crippen LogP contribution in [0.4, 0.5) is 13.2 Å². The molecule has 15 heavy (non-hydrogen) atoms. The summed E-state index contributed by atoms with van der Waals surface area (Å²) in [7, 11) is 0. The SMILES string of the molecule is CCCC(C)c1cccc(C(F)(F)F)n1. The van der Waals surface area contributed by atoms with Gasteiger partial charge in [-0.1, -0.05) is 26.3 Å². The summed E-state index contributed by atoms with van der Waals surface area (Å²) in [5, 5.41) is 0. The Morgan fingerprint density at radius 2 is 2.00 bits per heavy atom. The molecule has 4 heteroatoms. The van der Waals surface area contributed by atoms with Gasteiger partial charge in [-0.15, -0.1) is 0 Å².